The molecule has 0 bridgehead atoms. The summed E-state index contributed by atoms with van der Waals surface area (Å²) in [6, 6.07) is 0. The van der Waals surface area contributed by atoms with Gasteiger partial charge in [-0.2, -0.15) is 0 Å². The highest BCUT2D eigenvalue weighted by Gasteiger charge is 2.13. The fourth-order valence-electron chi connectivity index (χ4n) is 1.70. The molecule has 1 heterocycles. The Kier molecular flexibility index (Phi) is 5.58. The van der Waals surface area contributed by atoms with Gasteiger partial charge in [-0.05, 0) is 18.8 Å². The molecule has 0 aliphatic carbocycles. The Hall–Kier alpha value is -1.32. The number of anilines is 2. The quantitative estimate of drug-likeness (QED) is 0.823. The summed E-state index contributed by atoms with van der Waals surface area (Å²) in [6.45, 7) is 14.0. The second-order valence-electron chi connectivity index (χ2n) is 5.91. The van der Waals surface area contributed by atoms with Gasteiger partial charge in [0.15, 0.2) is 0 Å². The zero-order chi connectivity index (χ0) is 14.6. The third-order valence-corrected chi connectivity index (χ3v) is 3.65. The molecule has 0 radical (unpaired) electrons. The zero-order valence-corrected chi connectivity index (χ0v) is 13.3. The fraction of sp³-hybridized carbons (Fsp3) is 0.733. The molecule has 4 nitrogen and oxygen atoms in total. The second-order valence-corrected chi connectivity index (χ2v) is 5.91. The van der Waals surface area contributed by atoms with Crippen LogP contribution in [-0.4, -0.2) is 23.6 Å². The topological polar surface area (TPSA) is 49.8 Å². The van der Waals surface area contributed by atoms with E-state index in [1.165, 1.54) is 0 Å². The van der Waals surface area contributed by atoms with Crippen molar-refractivity contribution in [2.75, 3.05) is 24.2 Å². The van der Waals surface area contributed by atoms with Gasteiger partial charge < -0.3 is 10.6 Å². The largest absolute Gasteiger partial charge is 0.373 e. The van der Waals surface area contributed by atoms with E-state index >= 15 is 0 Å². The molecule has 0 aromatic carbocycles. The lowest BCUT2D eigenvalue weighted by atomic mass is 9.98. The second kappa shape index (κ2) is 6.73. The van der Waals surface area contributed by atoms with Gasteiger partial charge in [0.05, 0.1) is 0 Å². The average Bonchev–Trinajstić information content (AvgIpc) is 2.36. The van der Waals surface area contributed by atoms with Crippen molar-refractivity contribution < 1.29 is 0 Å². The van der Waals surface area contributed by atoms with E-state index in [0.717, 1.165) is 29.6 Å². The smallest absolute Gasteiger partial charge is 0.135 e. The Bertz CT molecular complexity index is 413. The summed E-state index contributed by atoms with van der Waals surface area (Å²) in [6.07, 6.45) is 0. The third-order valence-electron chi connectivity index (χ3n) is 3.65. The van der Waals surface area contributed by atoms with Crippen LogP contribution in [0.4, 0.5) is 11.6 Å². The van der Waals surface area contributed by atoms with Crippen molar-refractivity contribution in [3.63, 3.8) is 0 Å². The van der Waals surface area contributed by atoms with E-state index in [0.29, 0.717) is 17.8 Å². The Morgan fingerprint density at radius 3 is 2.05 bits per heavy atom. The molecule has 19 heavy (non-hydrogen) atoms. The molecule has 1 unspecified atom stereocenters. The Labute approximate surface area is 117 Å². The van der Waals surface area contributed by atoms with Crippen LogP contribution in [0.5, 0.6) is 0 Å². The van der Waals surface area contributed by atoms with Crippen molar-refractivity contribution in [3.05, 3.63) is 11.4 Å². The Balaban J connectivity index is 2.95. The number of nitrogens with zero attached hydrogens (tertiary/aromatic N) is 2. The highest BCUT2D eigenvalue weighted by Crippen LogP contribution is 2.23. The maximum absolute atomic E-state index is 4.65. The van der Waals surface area contributed by atoms with Crippen molar-refractivity contribution in [3.8, 4) is 0 Å². The van der Waals surface area contributed by atoms with E-state index in [2.05, 4.69) is 62.1 Å². The Morgan fingerprint density at radius 2 is 1.58 bits per heavy atom. The average molecular weight is 264 g/mol. The van der Waals surface area contributed by atoms with Gasteiger partial charge in [-0.1, -0.05) is 34.6 Å². The molecule has 4 heteroatoms. The molecule has 0 aliphatic rings. The number of hydrogen-bond donors (Lipinski definition) is 2. The molecule has 1 aromatic heterocycles. The summed E-state index contributed by atoms with van der Waals surface area (Å²) in [5, 5.41) is 6.62. The van der Waals surface area contributed by atoms with Gasteiger partial charge in [-0.15, -0.1) is 0 Å². The van der Waals surface area contributed by atoms with E-state index in [9.17, 15) is 0 Å². The summed E-state index contributed by atoms with van der Waals surface area (Å²) in [4.78, 5) is 9.20. The predicted octanol–water partition coefficient (Wildman–Crippen LogP) is 3.65. The summed E-state index contributed by atoms with van der Waals surface area (Å²) in [5.41, 5.74) is 1.09. The number of hydrogen-bond acceptors (Lipinski definition) is 4. The maximum atomic E-state index is 4.65. The lowest BCUT2D eigenvalue weighted by Gasteiger charge is -2.19. The lowest BCUT2D eigenvalue weighted by molar-refractivity contribution is 0.439. The number of rotatable bonds is 6. The van der Waals surface area contributed by atoms with Gasteiger partial charge in [0.25, 0.3) is 0 Å². The predicted molar refractivity (Wildman–Crippen MR) is 82.9 cm³/mol. The van der Waals surface area contributed by atoms with Gasteiger partial charge in [0.1, 0.15) is 17.5 Å². The molecular formula is C15H28N4. The number of nitrogens with one attached hydrogen (secondary N) is 2. The van der Waals surface area contributed by atoms with E-state index < -0.39 is 0 Å². The van der Waals surface area contributed by atoms with Crippen LogP contribution in [-0.2, 0) is 0 Å². The molecule has 1 atom stereocenters. The molecule has 108 valence electrons. The van der Waals surface area contributed by atoms with E-state index in [-0.39, 0.29) is 0 Å². The normalized spacial score (nSPS) is 12.9. The highest BCUT2D eigenvalue weighted by molar-refractivity contribution is 5.57. The molecule has 0 aliphatic heterocycles. The first-order valence-corrected chi connectivity index (χ1v) is 7.16. The fourth-order valence-corrected chi connectivity index (χ4v) is 1.70. The highest BCUT2D eigenvalue weighted by atomic mass is 15.1. The first-order chi connectivity index (χ1) is 8.86. The molecular weight excluding hydrogens is 236 g/mol. The van der Waals surface area contributed by atoms with Gasteiger partial charge >= 0.3 is 0 Å². The van der Waals surface area contributed by atoms with Crippen molar-refractivity contribution in [2.45, 2.75) is 47.5 Å². The minimum Gasteiger partial charge on any atom is -0.373 e. The van der Waals surface area contributed by atoms with Crippen LogP contribution in [0.15, 0.2) is 0 Å². The van der Waals surface area contributed by atoms with E-state index in [1.54, 1.807) is 0 Å². The maximum Gasteiger partial charge on any atom is 0.135 e. The summed E-state index contributed by atoms with van der Waals surface area (Å²) < 4.78 is 0. The van der Waals surface area contributed by atoms with Crippen LogP contribution in [0, 0.1) is 18.8 Å². The monoisotopic (exact) mass is 264 g/mol. The van der Waals surface area contributed by atoms with Crippen LogP contribution < -0.4 is 10.6 Å². The van der Waals surface area contributed by atoms with Gasteiger partial charge in [-0.25, -0.2) is 9.97 Å². The lowest BCUT2D eigenvalue weighted by Crippen LogP contribution is -2.18. The first-order valence-electron chi connectivity index (χ1n) is 7.16. The van der Waals surface area contributed by atoms with Crippen molar-refractivity contribution >= 4 is 11.6 Å². The molecule has 1 rings (SSSR count). The molecule has 2 N–H and O–H groups in total. The van der Waals surface area contributed by atoms with Crippen LogP contribution in [0.3, 0.4) is 0 Å². The third kappa shape index (κ3) is 4.08. The molecule has 0 fully saturated rings. The van der Waals surface area contributed by atoms with E-state index in [1.807, 2.05) is 7.05 Å². The van der Waals surface area contributed by atoms with Crippen molar-refractivity contribution in [1.29, 1.82) is 0 Å². The molecule has 0 amide bonds. The summed E-state index contributed by atoms with van der Waals surface area (Å²) >= 11 is 0. The van der Waals surface area contributed by atoms with Crippen LogP contribution in [0.25, 0.3) is 0 Å². The zero-order valence-electron chi connectivity index (χ0n) is 13.3. The molecule has 0 saturated heterocycles. The van der Waals surface area contributed by atoms with Crippen LogP contribution >= 0.6 is 0 Å². The van der Waals surface area contributed by atoms with Crippen molar-refractivity contribution in [2.24, 2.45) is 11.8 Å². The minimum atomic E-state index is 0.329. The van der Waals surface area contributed by atoms with Crippen LogP contribution in [0.2, 0.25) is 0 Å². The summed E-state index contributed by atoms with van der Waals surface area (Å²) in [5.74, 6) is 4.37. The van der Waals surface area contributed by atoms with E-state index in [4.69, 9.17) is 0 Å². The van der Waals surface area contributed by atoms with Crippen LogP contribution in [0.1, 0.15) is 51.9 Å². The van der Waals surface area contributed by atoms with Gasteiger partial charge in [-0.3, -0.25) is 0 Å². The molecule has 1 aromatic rings. The van der Waals surface area contributed by atoms with Crippen molar-refractivity contribution in [1.82, 2.24) is 9.97 Å². The SMILES string of the molecule is CNc1nc(C(C)C)nc(NCC(C)C(C)C)c1C. The number of aromatic nitrogens is 2. The first kappa shape index (κ1) is 15.7. The summed E-state index contributed by atoms with van der Waals surface area (Å²) in [7, 11) is 1.90. The molecule has 0 saturated carbocycles. The van der Waals surface area contributed by atoms with Gasteiger partial charge in [0.2, 0.25) is 0 Å². The van der Waals surface area contributed by atoms with Gasteiger partial charge in [0, 0.05) is 25.1 Å². The minimum absolute atomic E-state index is 0.329. The Morgan fingerprint density at radius 1 is 1.00 bits per heavy atom. The molecule has 0 spiro atoms. The standard InChI is InChI=1S/C15H28N4/c1-9(2)11(5)8-17-15-12(6)14(16-7)18-13(19-15)10(3)4/h9-11H,8H2,1-7H3,(H2,16,17,18,19).